The van der Waals surface area contributed by atoms with Crippen molar-refractivity contribution in [2.75, 3.05) is 5.75 Å². The van der Waals surface area contributed by atoms with Crippen LogP contribution in [0.15, 0.2) is 35.2 Å². The van der Waals surface area contributed by atoms with E-state index in [4.69, 9.17) is 5.11 Å². The standard InChI is InChI=1S/C11H14O3S/c12-11(13)8-4-5-9-15(14)10-6-2-1-3-7-10/h1-3,6-7H,4-5,8-9H2,(H,12,13). The fraction of sp³-hybridized carbons (Fsp3) is 0.364. The zero-order valence-electron chi connectivity index (χ0n) is 8.39. The Morgan fingerprint density at radius 1 is 1.27 bits per heavy atom. The Morgan fingerprint density at radius 2 is 1.93 bits per heavy atom. The number of benzene rings is 1. The molecule has 3 nitrogen and oxygen atoms in total. The van der Waals surface area contributed by atoms with Crippen LogP contribution < -0.4 is 0 Å². The van der Waals surface area contributed by atoms with E-state index in [2.05, 4.69) is 0 Å². The molecule has 0 aliphatic heterocycles. The maximum Gasteiger partial charge on any atom is 0.303 e. The van der Waals surface area contributed by atoms with Gasteiger partial charge in [0.2, 0.25) is 0 Å². The molecule has 1 unspecified atom stereocenters. The third kappa shape index (κ3) is 4.85. The van der Waals surface area contributed by atoms with Crippen LogP contribution in [0.5, 0.6) is 0 Å². The predicted octanol–water partition coefficient (Wildman–Crippen LogP) is 2.05. The average molecular weight is 226 g/mol. The maximum absolute atomic E-state index is 11.7. The van der Waals surface area contributed by atoms with E-state index in [9.17, 15) is 9.35 Å². The highest BCUT2D eigenvalue weighted by atomic mass is 32.2. The molecule has 0 bridgehead atoms. The fourth-order valence-electron chi connectivity index (χ4n) is 1.20. The van der Waals surface area contributed by atoms with E-state index in [0.29, 0.717) is 18.6 Å². The Balaban J connectivity index is 2.25. The van der Waals surface area contributed by atoms with Crippen molar-refractivity contribution in [1.29, 1.82) is 0 Å². The Hall–Kier alpha value is -1.00. The third-order valence-corrected chi connectivity index (χ3v) is 3.43. The van der Waals surface area contributed by atoms with Crippen LogP contribution in [-0.2, 0) is 16.0 Å². The van der Waals surface area contributed by atoms with Gasteiger partial charge in [0.1, 0.15) is 5.75 Å². The molecule has 0 spiro atoms. The van der Waals surface area contributed by atoms with Gasteiger partial charge in [0.15, 0.2) is 4.90 Å². The molecule has 1 N–H and O–H groups in total. The Morgan fingerprint density at radius 3 is 2.53 bits per heavy atom. The van der Waals surface area contributed by atoms with Gasteiger partial charge in [0.05, 0.1) is 0 Å². The Kier molecular flexibility index (Phi) is 5.21. The molecular weight excluding hydrogens is 212 g/mol. The summed E-state index contributed by atoms with van der Waals surface area (Å²) < 4.78 is 11.7. The summed E-state index contributed by atoms with van der Waals surface area (Å²) in [5.74, 6) is -0.252. The first-order valence-corrected chi connectivity index (χ1v) is 6.17. The molecule has 82 valence electrons. The van der Waals surface area contributed by atoms with Crippen LogP contribution in [0.2, 0.25) is 0 Å². The molecule has 0 saturated carbocycles. The van der Waals surface area contributed by atoms with Gasteiger partial charge in [0, 0.05) is 6.42 Å². The quantitative estimate of drug-likeness (QED) is 0.596. The summed E-state index contributed by atoms with van der Waals surface area (Å²) in [5, 5.41) is 8.42. The minimum Gasteiger partial charge on any atom is -0.611 e. The van der Waals surface area contributed by atoms with Crippen LogP contribution in [0, 0.1) is 0 Å². The molecule has 0 amide bonds. The molecule has 0 radical (unpaired) electrons. The second-order valence-electron chi connectivity index (χ2n) is 3.21. The number of rotatable bonds is 6. The lowest BCUT2D eigenvalue weighted by Gasteiger charge is -2.09. The summed E-state index contributed by atoms with van der Waals surface area (Å²) in [5.41, 5.74) is 0. The number of unbranched alkanes of at least 4 members (excludes halogenated alkanes) is 1. The molecule has 0 fully saturated rings. The van der Waals surface area contributed by atoms with E-state index in [0.717, 1.165) is 4.90 Å². The summed E-state index contributed by atoms with van der Waals surface area (Å²) >= 11 is -0.991. The second kappa shape index (κ2) is 6.48. The molecular formula is C11H14O3S. The molecule has 1 aromatic rings. The predicted molar refractivity (Wildman–Crippen MR) is 59.2 cm³/mol. The van der Waals surface area contributed by atoms with E-state index in [-0.39, 0.29) is 6.42 Å². The molecule has 0 saturated heterocycles. The first kappa shape index (κ1) is 12.1. The molecule has 1 atom stereocenters. The lowest BCUT2D eigenvalue weighted by Crippen LogP contribution is -2.07. The molecule has 1 aromatic carbocycles. The van der Waals surface area contributed by atoms with Crippen molar-refractivity contribution in [3.63, 3.8) is 0 Å². The number of hydrogen-bond donors (Lipinski definition) is 1. The smallest absolute Gasteiger partial charge is 0.303 e. The molecule has 1 rings (SSSR count). The van der Waals surface area contributed by atoms with Crippen molar-refractivity contribution in [2.24, 2.45) is 0 Å². The Bertz CT molecular complexity index is 300. The van der Waals surface area contributed by atoms with E-state index in [1.165, 1.54) is 0 Å². The lowest BCUT2D eigenvalue weighted by molar-refractivity contribution is -0.137. The highest BCUT2D eigenvalue weighted by molar-refractivity contribution is 7.91. The lowest BCUT2D eigenvalue weighted by atomic mass is 10.2. The van der Waals surface area contributed by atoms with E-state index < -0.39 is 17.1 Å². The molecule has 0 aliphatic carbocycles. The minimum atomic E-state index is -0.991. The van der Waals surface area contributed by atoms with E-state index >= 15 is 0 Å². The van der Waals surface area contributed by atoms with Crippen molar-refractivity contribution in [1.82, 2.24) is 0 Å². The van der Waals surface area contributed by atoms with Crippen molar-refractivity contribution in [3.8, 4) is 0 Å². The van der Waals surface area contributed by atoms with Gasteiger partial charge in [-0.05, 0) is 36.2 Å². The second-order valence-corrected chi connectivity index (χ2v) is 4.78. The van der Waals surface area contributed by atoms with Gasteiger partial charge in [-0.15, -0.1) is 0 Å². The van der Waals surface area contributed by atoms with Crippen LogP contribution >= 0.6 is 0 Å². The highest BCUT2D eigenvalue weighted by Crippen LogP contribution is 2.12. The zero-order valence-corrected chi connectivity index (χ0v) is 9.20. The average Bonchev–Trinajstić information content (AvgIpc) is 2.25. The van der Waals surface area contributed by atoms with Gasteiger partial charge in [-0.1, -0.05) is 18.2 Å². The maximum atomic E-state index is 11.7. The summed E-state index contributed by atoms with van der Waals surface area (Å²) in [6.45, 7) is 0. The number of carboxylic acid groups (broad SMARTS) is 1. The van der Waals surface area contributed by atoms with Crippen molar-refractivity contribution < 1.29 is 14.5 Å². The molecule has 0 aromatic heterocycles. The van der Waals surface area contributed by atoms with E-state index in [1.807, 2.05) is 30.3 Å². The fourth-order valence-corrected chi connectivity index (χ4v) is 2.36. The normalized spacial score (nSPS) is 12.3. The molecule has 15 heavy (non-hydrogen) atoms. The Labute approximate surface area is 92.3 Å². The number of carboxylic acids is 1. The van der Waals surface area contributed by atoms with Crippen LogP contribution in [0.3, 0.4) is 0 Å². The molecule has 0 aliphatic rings. The first-order chi connectivity index (χ1) is 7.20. The largest absolute Gasteiger partial charge is 0.611 e. The van der Waals surface area contributed by atoms with Gasteiger partial charge in [-0.25, -0.2) is 0 Å². The summed E-state index contributed by atoms with van der Waals surface area (Å²) in [4.78, 5) is 11.1. The molecule has 0 heterocycles. The van der Waals surface area contributed by atoms with Crippen LogP contribution in [0.1, 0.15) is 19.3 Å². The van der Waals surface area contributed by atoms with Crippen molar-refractivity contribution >= 4 is 17.1 Å². The van der Waals surface area contributed by atoms with Crippen LogP contribution in [0.4, 0.5) is 0 Å². The topological polar surface area (TPSA) is 60.4 Å². The van der Waals surface area contributed by atoms with Crippen molar-refractivity contribution in [3.05, 3.63) is 30.3 Å². The van der Waals surface area contributed by atoms with Crippen LogP contribution in [0.25, 0.3) is 0 Å². The summed E-state index contributed by atoms with van der Waals surface area (Å²) in [6.07, 6.45) is 1.44. The summed E-state index contributed by atoms with van der Waals surface area (Å²) in [6, 6.07) is 9.24. The third-order valence-electron chi connectivity index (χ3n) is 1.98. The van der Waals surface area contributed by atoms with Crippen molar-refractivity contribution in [2.45, 2.75) is 24.2 Å². The van der Waals surface area contributed by atoms with E-state index in [1.54, 1.807) is 0 Å². The minimum absolute atomic E-state index is 0.159. The van der Waals surface area contributed by atoms with Gasteiger partial charge in [0.25, 0.3) is 0 Å². The van der Waals surface area contributed by atoms with Crippen LogP contribution in [-0.4, -0.2) is 21.4 Å². The number of aliphatic carboxylic acids is 1. The summed E-state index contributed by atoms with van der Waals surface area (Å²) in [7, 11) is 0. The van der Waals surface area contributed by atoms with Gasteiger partial charge in [-0.3, -0.25) is 4.79 Å². The molecule has 4 heteroatoms. The number of hydrogen-bond acceptors (Lipinski definition) is 2. The zero-order chi connectivity index (χ0) is 11.1. The monoisotopic (exact) mass is 226 g/mol. The SMILES string of the molecule is O=C(O)CCCC[S+]([O-])c1ccccc1. The van der Waals surface area contributed by atoms with Gasteiger partial charge >= 0.3 is 5.97 Å². The highest BCUT2D eigenvalue weighted by Gasteiger charge is 2.09. The van der Waals surface area contributed by atoms with Gasteiger partial charge in [-0.2, -0.15) is 0 Å². The van der Waals surface area contributed by atoms with Gasteiger partial charge < -0.3 is 9.66 Å². The number of carbonyl (C=O) groups is 1. The first-order valence-electron chi connectivity index (χ1n) is 4.85.